The van der Waals surface area contributed by atoms with E-state index in [0.717, 1.165) is 16.6 Å². The van der Waals surface area contributed by atoms with Gasteiger partial charge in [-0.15, -0.1) is 0 Å². The normalized spacial score (nSPS) is 17.7. The van der Waals surface area contributed by atoms with Crippen molar-refractivity contribution in [3.05, 3.63) is 51.6 Å². The number of ether oxygens (including phenoxy) is 2. The molecule has 2 aromatic carbocycles. The van der Waals surface area contributed by atoms with Crippen molar-refractivity contribution in [2.75, 3.05) is 12.3 Å². The van der Waals surface area contributed by atoms with E-state index in [2.05, 4.69) is 32.7 Å². The van der Waals surface area contributed by atoms with Gasteiger partial charge in [0.05, 0.1) is 22.3 Å². The van der Waals surface area contributed by atoms with Crippen LogP contribution < -0.4 is 10.5 Å². The van der Waals surface area contributed by atoms with Crippen LogP contribution in [-0.2, 0) is 15.8 Å². The molecule has 1 aliphatic heterocycles. The summed E-state index contributed by atoms with van der Waals surface area (Å²) < 4.78 is 12.1. The number of aromatic amines is 1. The van der Waals surface area contributed by atoms with Crippen LogP contribution in [-0.4, -0.2) is 11.6 Å². The molecule has 4 rings (SSSR count). The lowest BCUT2D eigenvalue weighted by Crippen LogP contribution is -2.39. The highest BCUT2D eigenvalue weighted by molar-refractivity contribution is 6.37. The van der Waals surface area contributed by atoms with Crippen LogP contribution in [0.4, 0.5) is 5.69 Å². The standard InChI is InChI=1S/C21H22Cl2N2O2/c1-20(2)10-26-21(3,4)19-17(20)13-9-12(5-6-16(13)25-19)27-18-14(22)7-11(24)8-15(18)23/h5-9,25H,10,24H2,1-4H3. The molecule has 3 aromatic rings. The number of halogens is 2. The number of nitrogens with one attached hydrogen (secondary N) is 1. The van der Waals surface area contributed by atoms with Gasteiger partial charge in [0.2, 0.25) is 0 Å². The largest absolute Gasteiger partial charge is 0.454 e. The molecule has 0 spiro atoms. The van der Waals surface area contributed by atoms with Gasteiger partial charge in [0.15, 0.2) is 5.75 Å². The minimum Gasteiger partial charge on any atom is -0.454 e. The molecule has 1 aromatic heterocycles. The molecule has 27 heavy (non-hydrogen) atoms. The Balaban J connectivity index is 1.84. The molecule has 0 amide bonds. The molecule has 0 atom stereocenters. The van der Waals surface area contributed by atoms with Crippen molar-refractivity contribution in [2.24, 2.45) is 0 Å². The number of benzene rings is 2. The molecular weight excluding hydrogens is 383 g/mol. The van der Waals surface area contributed by atoms with Crippen molar-refractivity contribution >= 4 is 39.8 Å². The van der Waals surface area contributed by atoms with Crippen LogP contribution in [0.2, 0.25) is 10.0 Å². The van der Waals surface area contributed by atoms with E-state index in [0.29, 0.717) is 33.8 Å². The second-order valence-corrected chi connectivity index (χ2v) is 9.00. The van der Waals surface area contributed by atoms with E-state index in [4.69, 9.17) is 38.4 Å². The van der Waals surface area contributed by atoms with Crippen molar-refractivity contribution in [1.82, 2.24) is 4.98 Å². The maximum absolute atomic E-state index is 6.27. The summed E-state index contributed by atoms with van der Waals surface area (Å²) in [5, 5.41) is 1.88. The van der Waals surface area contributed by atoms with Crippen molar-refractivity contribution in [1.29, 1.82) is 0 Å². The monoisotopic (exact) mass is 404 g/mol. The Bertz CT molecular complexity index is 1030. The van der Waals surface area contributed by atoms with E-state index >= 15 is 0 Å². The van der Waals surface area contributed by atoms with Gasteiger partial charge in [-0.1, -0.05) is 37.0 Å². The summed E-state index contributed by atoms with van der Waals surface area (Å²) in [5.41, 5.74) is 9.20. The predicted molar refractivity (Wildman–Crippen MR) is 111 cm³/mol. The van der Waals surface area contributed by atoms with Crippen molar-refractivity contribution < 1.29 is 9.47 Å². The van der Waals surface area contributed by atoms with Crippen LogP contribution in [0.5, 0.6) is 11.5 Å². The minimum absolute atomic E-state index is 0.113. The smallest absolute Gasteiger partial charge is 0.164 e. The summed E-state index contributed by atoms with van der Waals surface area (Å²) in [6.07, 6.45) is 0. The Hall–Kier alpha value is -1.88. The Morgan fingerprint density at radius 2 is 1.74 bits per heavy atom. The zero-order valence-electron chi connectivity index (χ0n) is 15.7. The van der Waals surface area contributed by atoms with Crippen LogP contribution in [0.1, 0.15) is 39.0 Å². The molecule has 6 heteroatoms. The van der Waals surface area contributed by atoms with Crippen LogP contribution in [0.3, 0.4) is 0 Å². The van der Waals surface area contributed by atoms with Gasteiger partial charge in [-0.05, 0) is 49.7 Å². The van der Waals surface area contributed by atoms with E-state index < -0.39 is 0 Å². The molecule has 2 heterocycles. The number of H-pyrrole nitrogens is 1. The number of hydrogen-bond donors (Lipinski definition) is 2. The number of nitrogen functional groups attached to an aromatic ring is 1. The van der Waals surface area contributed by atoms with E-state index in [9.17, 15) is 0 Å². The van der Waals surface area contributed by atoms with Crippen LogP contribution in [0.25, 0.3) is 10.9 Å². The minimum atomic E-state index is -0.367. The Morgan fingerprint density at radius 3 is 2.41 bits per heavy atom. The second-order valence-electron chi connectivity index (χ2n) is 8.18. The molecule has 1 aliphatic rings. The van der Waals surface area contributed by atoms with Crippen molar-refractivity contribution in [3.8, 4) is 11.5 Å². The lowest BCUT2D eigenvalue weighted by molar-refractivity contribution is -0.0607. The van der Waals surface area contributed by atoms with Gasteiger partial charge < -0.3 is 20.2 Å². The summed E-state index contributed by atoms with van der Waals surface area (Å²) in [7, 11) is 0. The van der Waals surface area contributed by atoms with Gasteiger partial charge >= 0.3 is 0 Å². The molecule has 4 nitrogen and oxygen atoms in total. The summed E-state index contributed by atoms with van der Waals surface area (Å²) in [6.45, 7) is 9.20. The van der Waals surface area contributed by atoms with Crippen LogP contribution in [0.15, 0.2) is 30.3 Å². The lowest BCUT2D eigenvalue weighted by Gasteiger charge is -2.39. The van der Waals surface area contributed by atoms with Gasteiger partial charge in [-0.25, -0.2) is 0 Å². The fourth-order valence-corrected chi connectivity index (χ4v) is 4.27. The first kappa shape index (κ1) is 18.5. The molecule has 0 aliphatic carbocycles. The summed E-state index contributed by atoms with van der Waals surface area (Å²) in [5.74, 6) is 1.07. The van der Waals surface area contributed by atoms with E-state index in [-0.39, 0.29) is 11.0 Å². The fraction of sp³-hybridized carbons (Fsp3) is 0.333. The maximum atomic E-state index is 6.27. The Morgan fingerprint density at radius 1 is 1.07 bits per heavy atom. The first-order valence-electron chi connectivity index (χ1n) is 8.81. The summed E-state index contributed by atoms with van der Waals surface area (Å²) >= 11 is 12.5. The molecule has 0 unspecified atom stereocenters. The molecule has 0 bridgehead atoms. The molecule has 0 saturated carbocycles. The zero-order valence-corrected chi connectivity index (χ0v) is 17.3. The first-order chi connectivity index (χ1) is 12.6. The van der Waals surface area contributed by atoms with Crippen LogP contribution >= 0.6 is 23.2 Å². The molecule has 142 valence electrons. The first-order valence-corrected chi connectivity index (χ1v) is 9.57. The highest BCUT2D eigenvalue weighted by atomic mass is 35.5. The molecular formula is C21H22Cl2N2O2. The summed E-state index contributed by atoms with van der Waals surface area (Å²) in [4.78, 5) is 3.53. The highest BCUT2D eigenvalue weighted by Gasteiger charge is 2.41. The second kappa shape index (κ2) is 6.06. The van der Waals surface area contributed by atoms with Gasteiger partial charge in [0.25, 0.3) is 0 Å². The third-order valence-electron chi connectivity index (χ3n) is 5.08. The van der Waals surface area contributed by atoms with Gasteiger partial charge in [0, 0.05) is 22.0 Å². The van der Waals surface area contributed by atoms with Crippen LogP contribution in [0, 0.1) is 0 Å². The summed E-state index contributed by atoms with van der Waals surface area (Å²) in [6, 6.07) is 9.18. The van der Waals surface area contributed by atoms with Gasteiger partial charge in [-0.3, -0.25) is 0 Å². The zero-order chi connectivity index (χ0) is 19.6. The SMILES string of the molecule is CC1(C)COC(C)(C)c2[nH]c3ccc(Oc4c(Cl)cc(N)cc4Cl)cc3c21. The van der Waals surface area contributed by atoms with Crippen molar-refractivity contribution in [2.45, 2.75) is 38.7 Å². The Labute approximate surface area is 168 Å². The topological polar surface area (TPSA) is 60.3 Å². The average molecular weight is 405 g/mol. The van der Waals surface area contributed by atoms with Gasteiger partial charge in [-0.2, -0.15) is 0 Å². The predicted octanol–water partition coefficient (Wildman–Crippen LogP) is 6.39. The Kier molecular flexibility index (Phi) is 4.15. The third kappa shape index (κ3) is 3.06. The quantitative estimate of drug-likeness (QED) is 0.486. The molecule has 0 saturated heterocycles. The number of anilines is 1. The number of aromatic nitrogens is 1. The average Bonchev–Trinajstić information content (AvgIpc) is 2.96. The number of fused-ring (bicyclic) bond motifs is 3. The van der Waals surface area contributed by atoms with E-state index in [1.807, 2.05) is 18.2 Å². The number of hydrogen-bond acceptors (Lipinski definition) is 3. The lowest BCUT2D eigenvalue weighted by atomic mass is 9.78. The third-order valence-corrected chi connectivity index (χ3v) is 5.64. The van der Waals surface area contributed by atoms with Gasteiger partial charge in [0.1, 0.15) is 11.4 Å². The van der Waals surface area contributed by atoms with E-state index in [1.165, 1.54) is 5.56 Å². The molecule has 3 N–H and O–H groups in total. The maximum Gasteiger partial charge on any atom is 0.164 e. The van der Waals surface area contributed by atoms with E-state index in [1.54, 1.807) is 12.1 Å². The van der Waals surface area contributed by atoms with Crippen molar-refractivity contribution in [3.63, 3.8) is 0 Å². The highest BCUT2D eigenvalue weighted by Crippen LogP contribution is 2.46. The molecule has 0 radical (unpaired) electrons. The fourth-order valence-electron chi connectivity index (χ4n) is 3.69. The number of rotatable bonds is 2. The molecule has 0 fully saturated rings. The number of nitrogens with two attached hydrogens (primary N) is 1.